The fourth-order valence-corrected chi connectivity index (χ4v) is 4.12. The van der Waals surface area contributed by atoms with Crippen LogP contribution in [0.1, 0.15) is 24.0 Å². The van der Waals surface area contributed by atoms with Gasteiger partial charge in [0.2, 0.25) is 0 Å². The van der Waals surface area contributed by atoms with E-state index in [4.69, 9.17) is 0 Å². The van der Waals surface area contributed by atoms with E-state index >= 15 is 0 Å². The molecule has 5 nitrogen and oxygen atoms in total. The summed E-state index contributed by atoms with van der Waals surface area (Å²) in [4.78, 5) is 2.12. The molecule has 0 amide bonds. The van der Waals surface area contributed by atoms with Crippen molar-refractivity contribution in [3.63, 3.8) is 0 Å². The van der Waals surface area contributed by atoms with Crippen molar-refractivity contribution in [2.75, 3.05) is 40.8 Å². The fraction of sp³-hybridized carbons (Fsp3) is 0.625. The molecular formula is C16H27N3O2S. The van der Waals surface area contributed by atoms with Gasteiger partial charge < -0.3 is 4.90 Å². The van der Waals surface area contributed by atoms with Crippen molar-refractivity contribution in [3.05, 3.63) is 35.4 Å². The topological polar surface area (TPSA) is 43.9 Å². The van der Waals surface area contributed by atoms with E-state index in [1.807, 2.05) is 32.3 Å². The SMILES string of the molecule is CN(C)CCCCN(C)S(=O)(=O)N1CCc2ccccc2C1. The van der Waals surface area contributed by atoms with Gasteiger partial charge in [-0.2, -0.15) is 17.0 Å². The number of hydrogen-bond donors (Lipinski definition) is 0. The van der Waals surface area contributed by atoms with Gasteiger partial charge in [0.05, 0.1) is 0 Å². The van der Waals surface area contributed by atoms with Crippen LogP contribution in [-0.4, -0.2) is 62.7 Å². The lowest BCUT2D eigenvalue weighted by molar-refractivity contribution is 0.334. The molecule has 6 heteroatoms. The number of hydrogen-bond acceptors (Lipinski definition) is 3. The van der Waals surface area contributed by atoms with Crippen LogP contribution >= 0.6 is 0 Å². The minimum absolute atomic E-state index is 0.487. The second-order valence-electron chi connectivity index (χ2n) is 6.19. The summed E-state index contributed by atoms with van der Waals surface area (Å²) in [7, 11) is 2.40. The maximum absolute atomic E-state index is 12.7. The van der Waals surface area contributed by atoms with Crippen LogP contribution in [-0.2, 0) is 23.2 Å². The maximum atomic E-state index is 12.7. The summed E-state index contributed by atoms with van der Waals surface area (Å²) in [5.41, 5.74) is 2.39. The molecular weight excluding hydrogens is 298 g/mol. The quantitative estimate of drug-likeness (QED) is 0.715. The Bertz CT molecular complexity index is 587. The van der Waals surface area contributed by atoms with Gasteiger partial charge in [-0.05, 0) is 51.0 Å². The predicted molar refractivity (Wildman–Crippen MR) is 89.9 cm³/mol. The largest absolute Gasteiger partial charge is 0.309 e. The molecule has 0 radical (unpaired) electrons. The summed E-state index contributed by atoms with van der Waals surface area (Å²) in [6.07, 6.45) is 2.69. The molecule has 0 spiro atoms. The van der Waals surface area contributed by atoms with Gasteiger partial charge in [-0.15, -0.1) is 0 Å². The van der Waals surface area contributed by atoms with Crippen molar-refractivity contribution in [1.29, 1.82) is 0 Å². The number of fused-ring (bicyclic) bond motifs is 1. The van der Waals surface area contributed by atoms with E-state index in [0.717, 1.165) is 31.4 Å². The minimum Gasteiger partial charge on any atom is -0.309 e. The van der Waals surface area contributed by atoms with Gasteiger partial charge in [-0.25, -0.2) is 0 Å². The minimum atomic E-state index is -3.35. The zero-order valence-corrected chi connectivity index (χ0v) is 14.6. The molecule has 0 atom stereocenters. The van der Waals surface area contributed by atoms with E-state index in [1.165, 1.54) is 9.87 Å². The first-order chi connectivity index (χ1) is 10.4. The Morgan fingerprint density at radius 2 is 1.68 bits per heavy atom. The van der Waals surface area contributed by atoms with Gasteiger partial charge in [0.15, 0.2) is 0 Å². The maximum Gasteiger partial charge on any atom is 0.282 e. The Morgan fingerprint density at radius 1 is 1.05 bits per heavy atom. The average Bonchev–Trinajstić information content (AvgIpc) is 2.50. The number of rotatable bonds is 7. The molecule has 1 heterocycles. The lowest BCUT2D eigenvalue weighted by Crippen LogP contribution is -2.44. The molecule has 0 N–H and O–H groups in total. The third-order valence-electron chi connectivity index (χ3n) is 4.14. The molecule has 1 aromatic rings. The highest BCUT2D eigenvalue weighted by Gasteiger charge is 2.29. The first kappa shape index (κ1) is 17.4. The van der Waals surface area contributed by atoms with Crippen LogP contribution in [0.2, 0.25) is 0 Å². The van der Waals surface area contributed by atoms with Crippen LogP contribution in [0.15, 0.2) is 24.3 Å². The number of nitrogens with zero attached hydrogens (tertiary/aromatic N) is 3. The van der Waals surface area contributed by atoms with Crippen LogP contribution in [0.25, 0.3) is 0 Å². The Kier molecular flexibility index (Phi) is 5.97. The standard InChI is InChI=1S/C16H27N3O2S/c1-17(2)11-6-7-12-18(3)22(20,21)19-13-10-15-8-4-5-9-16(15)14-19/h4-5,8-9H,6-7,10-14H2,1-3H3. The second-order valence-corrected chi connectivity index (χ2v) is 8.23. The highest BCUT2D eigenvalue weighted by Crippen LogP contribution is 2.22. The van der Waals surface area contributed by atoms with Gasteiger partial charge in [0.1, 0.15) is 0 Å². The van der Waals surface area contributed by atoms with Gasteiger partial charge in [-0.3, -0.25) is 0 Å². The summed E-state index contributed by atoms with van der Waals surface area (Å²) in [5.74, 6) is 0. The summed E-state index contributed by atoms with van der Waals surface area (Å²) in [6.45, 7) is 2.63. The second kappa shape index (κ2) is 7.55. The summed E-state index contributed by atoms with van der Waals surface area (Å²) >= 11 is 0. The molecule has 0 aliphatic carbocycles. The molecule has 0 fully saturated rings. The van der Waals surface area contributed by atoms with E-state index in [2.05, 4.69) is 11.0 Å². The fourth-order valence-electron chi connectivity index (χ4n) is 2.74. The molecule has 2 rings (SSSR count). The summed E-state index contributed by atoms with van der Waals surface area (Å²) in [6, 6.07) is 8.10. The number of unbranched alkanes of at least 4 members (excludes halogenated alkanes) is 1. The average molecular weight is 325 g/mol. The lowest BCUT2D eigenvalue weighted by atomic mass is 10.0. The lowest BCUT2D eigenvalue weighted by Gasteiger charge is -2.31. The van der Waals surface area contributed by atoms with Crippen molar-refractivity contribution in [1.82, 2.24) is 13.5 Å². The van der Waals surface area contributed by atoms with Crippen molar-refractivity contribution in [2.45, 2.75) is 25.8 Å². The van der Waals surface area contributed by atoms with E-state index in [1.54, 1.807) is 11.4 Å². The molecule has 0 saturated heterocycles. The highest BCUT2D eigenvalue weighted by molar-refractivity contribution is 7.86. The molecule has 0 aromatic heterocycles. The van der Waals surface area contributed by atoms with Crippen molar-refractivity contribution in [3.8, 4) is 0 Å². The van der Waals surface area contributed by atoms with Crippen LogP contribution in [0.5, 0.6) is 0 Å². The Balaban J connectivity index is 1.93. The van der Waals surface area contributed by atoms with Gasteiger partial charge >= 0.3 is 0 Å². The Hall–Kier alpha value is -0.950. The molecule has 1 aliphatic heterocycles. The van der Waals surface area contributed by atoms with E-state index < -0.39 is 10.2 Å². The van der Waals surface area contributed by atoms with Crippen LogP contribution in [0.4, 0.5) is 0 Å². The predicted octanol–water partition coefficient (Wildman–Crippen LogP) is 1.56. The zero-order valence-electron chi connectivity index (χ0n) is 13.8. The third kappa shape index (κ3) is 4.29. The molecule has 1 aromatic carbocycles. The molecule has 0 saturated carbocycles. The van der Waals surface area contributed by atoms with E-state index in [-0.39, 0.29) is 0 Å². The van der Waals surface area contributed by atoms with E-state index in [0.29, 0.717) is 19.6 Å². The normalized spacial score (nSPS) is 16.2. The first-order valence-corrected chi connectivity index (χ1v) is 9.24. The molecule has 1 aliphatic rings. The van der Waals surface area contributed by atoms with Crippen molar-refractivity contribution < 1.29 is 8.42 Å². The Morgan fingerprint density at radius 3 is 2.36 bits per heavy atom. The number of benzene rings is 1. The van der Waals surface area contributed by atoms with Gasteiger partial charge in [0, 0.05) is 26.7 Å². The molecule has 0 unspecified atom stereocenters. The van der Waals surface area contributed by atoms with E-state index in [9.17, 15) is 8.42 Å². The molecule has 0 bridgehead atoms. The van der Waals surface area contributed by atoms with Gasteiger partial charge in [0.25, 0.3) is 10.2 Å². The summed E-state index contributed by atoms with van der Waals surface area (Å²) < 4.78 is 28.4. The highest BCUT2D eigenvalue weighted by atomic mass is 32.2. The van der Waals surface area contributed by atoms with Crippen LogP contribution in [0, 0.1) is 0 Å². The van der Waals surface area contributed by atoms with Gasteiger partial charge in [-0.1, -0.05) is 24.3 Å². The van der Waals surface area contributed by atoms with Crippen LogP contribution < -0.4 is 0 Å². The first-order valence-electron chi connectivity index (χ1n) is 7.84. The van der Waals surface area contributed by atoms with Crippen molar-refractivity contribution in [2.24, 2.45) is 0 Å². The smallest absolute Gasteiger partial charge is 0.282 e. The Labute approximate surface area is 134 Å². The summed E-state index contributed by atoms with van der Waals surface area (Å²) in [5, 5.41) is 0. The monoisotopic (exact) mass is 325 g/mol. The molecule has 22 heavy (non-hydrogen) atoms. The van der Waals surface area contributed by atoms with Crippen molar-refractivity contribution >= 4 is 10.2 Å². The third-order valence-corrected chi connectivity index (χ3v) is 6.08. The van der Waals surface area contributed by atoms with Crippen LogP contribution in [0.3, 0.4) is 0 Å². The zero-order chi connectivity index (χ0) is 16.2. The molecule has 124 valence electrons.